The predicted octanol–water partition coefficient (Wildman–Crippen LogP) is 6.91. The van der Waals surface area contributed by atoms with Crippen LogP contribution in [-0.2, 0) is 9.47 Å². The molecule has 0 aromatic rings. The van der Waals surface area contributed by atoms with Crippen LogP contribution in [0, 0.1) is 0 Å². The Kier molecular flexibility index (Phi) is 19.9. The summed E-state index contributed by atoms with van der Waals surface area (Å²) in [7, 11) is 0. The molecule has 0 saturated carbocycles. The van der Waals surface area contributed by atoms with Gasteiger partial charge in [-0.2, -0.15) is 0 Å². The number of ether oxygens (including phenoxy) is 2. The lowest BCUT2D eigenvalue weighted by atomic mass is 10.1. The van der Waals surface area contributed by atoms with Gasteiger partial charge in [0, 0.05) is 13.2 Å². The zero-order valence-corrected chi connectivity index (χ0v) is 16.4. The smallest absolute Gasteiger partial charge is 0.0780 e. The summed E-state index contributed by atoms with van der Waals surface area (Å²) in [5.41, 5.74) is 0. The minimum atomic E-state index is 0.250. The molecular formula is C21H44O2. The van der Waals surface area contributed by atoms with Crippen LogP contribution in [0.5, 0.6) is 0 Å². The fourth-order valence-electron chi connectivity index (χ4n) is 2.80. The second kappa shape index (κ2) is 20.0. The van der Waals surface area contributed by atoms with E-state index in [4.69, 9.17) is 9.47 Å². The Balaban J connectivity index is 3.11. The molecule has 1 unspecified atom stereocenters. The van der Waals surface area contributed by atoms with Crippen molar-refractivity contribution >= 4 is 0 Å². The zero-order valence-electron chi connectivity index (χ0n) is 16.4. The largest absolute Gasteiger partial charge is 0.379 e. The standard InChI is InChI=1S/C21H44O2/c1-4-6-8-10-12-14-16-18-22-20-21(3)23-19-17-15-13-11-9-7-5-2/h21H,4-20H2,1-3H3. The van der Waals surface area contributed by atoms with Gasteiger partial charge in [0.1, 0.15) is 0 Å². The molecule has 2 heteroatoms. The fourth-order valence-corrected chi connectivity index (χ4v) is 2.80. The van der Waals surface area contributed by atoms with Crippen LogP contribution in [0.4, 0.5) is 0 Å². The Morgan fingerprint density at radius 2 is 1.00 bits per heavy atom. The van der Waals surface area contributed by atoms with Crippen LogP contribution in [0.2, 0.25) is 0 Å². The van der Waals surface area contributed by atoms with E-state index in [1.807, 2.05) is 0 Å². The highest BCUT2D eigenvalue weighted by molar-refractivity contribution is 4.50. The van der Waals surface area contributed by atoms with Crippen LogP contribution < -0.4 is 0 Å². The van der Waals surface area contributed by atoms with E-state index in [2.05, 4.69) is 20.8 Å². The van der Waals surface area contributed by atoms with Crippen LogP contribution >= 0.6 is 0 Å². The maximum Gasteiger partial charge on any atom is 0.0780 e. The maximum absolute atomic E-state index is 5.82. The van der Waals surface area contributed by atoms with E-state index in [0.717, 1.165) is 19.8 Å². The summed E-state index contributed by atoms with van der Waals surface area (Å²) in [5.74, 6) is 0. The fraction of sp³-hybridized carbons (Fsp3) is 1.00. The second-order valence-corrected chi connectivity index (χ2v) is 7.00. The van der Waals surface area contributed by atoms with Crippen molar-refractivity contribution in [3.05, 3.63) is 0 Å². The first-order valence-electron chi connectivity index (χ1n) is 10.5. The molecule has 0 rings (SSSR count). The lowest BCUT2D eigenvalue weighted by Gasteiger charge is -2.13. The number of unbranched alkanes of at least 4 members (excludes halogenated alkanes) is 12. The highest BCUT2D eigenvalue weighted by Crippen LogP contribution is 2.08. The van der Waals surface area contributed by atoms with Crippen LogP contribution in [0.1, 0.15) is 111 Å². The topological polar surface area (TPSA) is 18.5 Å². The van der Waals surface area contributed by atoms with Gasteiger partial charge in [0.15, 0.2) is 0 Å². The van der Waals surface area contributed by atoms with Crippen molar-refractivity contribution in [2.24, 2.45) is 0 Å². The Labute approximate surface area is 146 Å². The van der Waals surface area contributed by atoms with E-state index >= 15 is 0 Å². The first-order chi connectivity index (χ1) is 11.3. The van der Waals surface area contributed by atoms with Crippen LogP contribution in [-0.4, -0.2) is 25.9 Å². The van der Waals surface area contributed by atoms with Gasteiger partial charge in [0.25, 0.3) is 0 Å². The molecule has 0 aliphatic carbocycles. The van der Waals surface area contributed by atoms with Gasteiger partial charge in [-0.15, -0.1) is 0 Å². The first-order valence-corrected chi connectivity index (χ1v) is 10.5. The molecule has 0 aromatic carbocycles. The molecule has 1 atom stereocenters. The lowest BCUT2D eigenvalue weighted by molar-refractivity contribution is -0.00869. The summed E-state index contributed by atoms with van der Waals surface area (Å²) >= 11 is 0. The lowest BCUT2D eigenvalue weighted by Crippen LogP contribution is -2.17. The summed E-state index contributed by atoms with van der Waals surface area (Å²) in [6.45, 7) is 9.22. The Hall–Kier alpha value is -0.0800. The summed E-state index contributed by atoms with van der Waals surface area (Å²) in [6, 6.07) is 0. The molecular weight excluding hydrogens is 284 g/mol. The van der Waals surface area contributed by atoms with Gasteiger partial charge in [-0.25, -0.2) is 0 Å². The number of hydrogen-bond donors (Lipinski definition) is 0. The van der Waals surface area contributed by atoms with E-state index in [1.54, 1.807) is 0 Å². The van der Waals surface area contributed by atoms with Gasteiger partial charge < -0.3 is 9.47 Å². The van der Waals surface area contributed by atoms with Crippen LogP contribution in [0.15, 0.2) is 0 Å². The molecule has 0 fully saturated rings. The minimum Gasteiger partial charge on any atom is -0.379 e. The van der Waals surface area contributed by atoms with Gasteiger partial charge in [0.05, 0.1) is 12.7 Å². The van der Waals surface area contributed by atoms with Crippen molar-refractivity contribution in [3.8, 4) is 0 Å². The van der Waals surface area contributed by atoms with Gasteiger partial charge in [-0.3, -0.25) is 0 Å². The number of hydrogen-bond acceptors (Lipinski definition) is 2. The first kappa shape index (κ1) is 22.9. The summed E-state index contributed by atoms with van der Waals surface area (Å²) in [5, 5.41) is 0. The summed E-state index contributed by atoms with van der Waals surface area (Å²) in [6.07, 6.45) is 19.1. The molecule has 0 aliphatic rings. The van der Waals surface area contributed by atoms with Crippen molar-refractivity contribution in [2.45, 2.75) is 117 Å². The quantitative estimate of drug-likeness (QED) is 0.240. The molecule has 0 spiro atoms. The van der Waals surface area contributed by atoms with E-state index < -0.39 is 0 Å². The molecule has 0 bridgehead atoms. The third kappa shape index (κ3) is 19.9. The third-order valence-electron chi connectivity index (χ3n) is 4.40. The summed E-state index contributed by atoms with van der Waals surface area (Å²) < 4.78 is 11.5. The van der Waals surface area contributed by atoms with Crippen molar-refractivity contribution < 1.29 is 9.47 Å². The van der Waals surface area contributed by atoms with Gasteiger partial charge >= 0.3 is 0 Å². The molecule has 0 radical (unpaired) electrons. The van der Waals surface area contributed by atoms with Gasteiger partial charge in [-0.05, 0) is 19.8 Å². The highest BCUT2D eigenvalue weighted by atomic mass is 16.5. The molecule has 0 aromatic heterocycles. The Morgan fingerprint density at radius 1 is 0.565 bits per heavy atom. The molecule has 0 saturated heterocycles. The average Bonchev–Trinajstić information content (AvgIpc) is 2.56. The van der Waals surface area contributed by atoms with E-state index in [0.29, 0.717) is 0 Å². The summed E-state index contributed by atoms with van der Waals surface area (Å²) in [4.78, 5) is 0. The minimum absolute atomic E-state index is 0.250. The molecule has 0 N–H and O–H groups in total. The highest BCUT2D eigenvalue weighted by Gasteiger charge is 2.02. The van der Waals surface area contributed by atoms with Crippen molar-refractivity contribution in [1.82, 2.24) is 0 Å². The maximum atomic E-state index is 5.82. The Bertz CT molecular complexity index is 206. The normalized spacial score (nSPS) is 12.7. The van der Waals surface area contributed by atoms with Crippen molar-refractivity contribution in [3.63, 3.8) is 0 Å². The monoisotopic (exact) mass is 328 g/mol. The molecule has 0 heterocycles. The predicted molar refractivity (Wildman–Crippen MR) is 102 cm³/mol. The van der Waals surface area contributed by atoms with E-state index in [1.165, 1.54) is 89.9 Å². The van der Waals surface area contributed by atoms with E-state index in [9.17, 15) is 0 Å². The van der Waals surface area contributed by atoms with E-state index in [-0.39, 0.29) is 6.10 Å². The SMILES string of the molecule is CCCCCCCCCOCC(C)OCCCCCCCCC. The molecule has 0 amide bonds. The molecule has 23 heavy (non-hydrogen) atoms. The molecule has 140 valence electrons. The Morgan fingerprint density at radius 3 is 1.52 bits per heavy atom. The van der Waals surface area contributed by atoms with Crippen LogP contribution in [0.25, 0.3) is 0 Å². The average molecular weight is 329 g/mol. The van der Waals surface area contributed by atoms with Gasteiger partial charge in [0.2, 0.25) is 0 Å². The van der Waals surface area contributed by atoms with Gasteiger partial charge in [-0.1, -0.05) is 90.9 Å². The third-order valence-corrected chi connectivity index (χ3v) is 4.40. The zero-order chi connectivity index (χ0) is 17.0. The molecule has 0 aliphatic heterocycles. The van der Waals surface area contributed by atoms with Crippen LogP contribution in [0.3, 0.4) is 0 Å². The number of rotatable bonds is 19. The molecule has 2 nitrogen and oxygen atoms in total. The van der Waals surface area contributed by atoms with Crippen molar-refractivity contribution in [1.29, 1.82) is 0 Å². The van der Waals surface area contributed by atoms with Crippen molar-refractivity contribution in [2.75, 3.05) is 19.8 Å². The second-order valence-electron chi connectivity index (χ2n) is 7.00.